The highest BCUT2D eigenvalue weighted by molar-refractivity contribution is 5.90. The Labute approximate surface area is 151 Å². The molecule has 0 radical (unpaired) electrons. The van der Waals surface area contributed by atoms with Gasteiger partial charge in [0.05, 0.1) is 5.56 Å². The molecule has 3 nitrogen and oxygen atoms in total. The number of anilines is 1. The van der Waals surface area contributed by atoms with Crippen LogP contribution >= 0.6 is 0 Å². The Morgan fingerprint density at radius 1 is 1.04 bits per heavy atom. The van der Waals surface area contributed by atoms with E-state index in [1.807, 2.05) is 19.1 Å². The minimum Gasteiger partial charge on any atom is -0.334 e. The fourth-order valence-electron chi connectivity index (χ4n) is 2.56. The molecule has 0 aliphatic heterocycles. The monoisotopic (exact) mass is 364 g/mol. The second-order valence-electron chi connectivity index (χ2n) is 6.26. The summed E-state index contributed by atoms with van der Waals surface area (Å²) in [5.74, 6) is 0. The third-order valence-electron chi connectivity index (χ3n) is 4.09. The fraction of sp³-hybridized carbons (Fsp3) is 0.350. The van der Waals surface area contributed by atoms with Crippen LogP contribution in [0.5, 0.6) is 0 Å². The fourth-order valence-corrected chi connectivity index (χ4v) is 2.56. The number of alkyl halides is 3. The van der Waals surface area contributed by atoms with Gasteiger partial charge in [0.25, 0.3) is 0 Å². The lowest BCUT2D eigenvalue weighted by molar-refractivity contribution is -0.137. The van der Waals surface area contributed by atoms with Crippen molar-refractivity contribution in [2.24, 2.45) is 0 Å². The summed E-state index contributed by atoms with van der Waals surface area (Å²) in [4.78, 5) is 12.0. The van der Waals surface area contributed by atoms with Crippen LogP contribution in [-0.4, -0.2) is 6.03 Å². The smallest absolute Gasteiger partial charge is 0.334 e. The van der Waals surface area contributed by atoms with Gasteiger partial charge in [-0.05, 0) is 54.7 Å². The molecule has 140 valence electrons. The van der Waals surface area contributed by atoms with Crippen LogP contribution in [0.15, 0.2) is 42.5 Å². The van der Waals surface area contributed by atoms with Crippen LogP contribution in [0, 0.1) is 6.92 Å². The van der Waals surface area contributed by atoms with E-state index in [1.165, 1.54) is 17.7 Å². The highest BCUT2D eigenvalue weighted by Gasteiger charge is 2.29. The second kappa shape index (κ2) is 8.74. The van der Waals surface area contributed by atoms with Gasteiger partial charge in [-0.15, -0.1) is 0 Å². The Hall–Kier alpha value is -2.50. The maximum absolute atomic E-state index is 12.5. The van der Waals surface area contributed by atoms with Crippen molar-refractivity contribution in [1.82, 2.24) is 5.32 Å². The topological polar surface area (TPSA) is 41.1 Å². The number of carbonyl (C=O) groups is 1. The first-order chi connectivity index (χ1) is 12.3. The van der Waals surface area contributed by atoms with E-state index in [4.69, 9.17) is 0 Å². The number of halogens is 3. The molecule has 0 aliphatic rings. The zero-order chi connectivity index (χ0) is 19.2. The van der Waals surface area contributed by atoms with Gasteiger partial charge in [-0.1, -0.05) is 37.6 Å². The Balaban J connectivity index is 1.89. The molecule has 0 aliphatic carbocycles. The van der Waals surface area contributed by atoms with Crippen LogP contribution in [0.4, 0.5) is 23.7 Å². The van der Waals surface area contributed by atoms with E-state index >= 15 is 0 Å². The predicted octanol–water partition coefficient (Wildman–Crippen LogP) is 5.68. The van der Waals surface area contributed by atoms with Gasteiger partial charge in [0.1, 0.15) is 0 Å². The number of amides is 2. The van der Waals surface area contributed by atoms with Crippen molar-refractivity contribution in [3.05, 3.63) is 64.7 Å². The molecule has 0 unspecified atom stereocenters. The van der Waals surface area contributed by atoms with Gasteiger partial charge in [-0.25, -0.2) is 4.79 Å². The SMILES string of the molecule is CCCCc1ccc(NC(=O)NCc2ccc(C(F)(F)F)cc2)c(C)c1. The number of benzene rings is 2. The lowest BCUT2D eigenvalue weighted by Crippen LogP contribution is -2.28. The first-order valence-electron chi connectivity index (χ1n) is 8.60. The van der Waals surface area contributed by atoms with Gasteiger partial charge in [-0.3, -0.25) is 0 Å². The first-order valence-corrected chi connectivity index (χ1v) is 8.60. The summed E-state index contributed by atoms with van der Waals surface area (Å²) in [6.07, 6.45) is -1.09. The predicted molar refractivity (Wildman–Crippen MR) is 97.1 cm³/mol. The van der Waals surface area contributed by atoms with Crippen molar-refractivity contribution < 1.29 is 18.0 Å². The summed E-state index contributed by atoms with van der Waals surface area (Å²) < 4.78 is 37.6. The minimum absolute atomic E-state index is 0.150. The summed E-state index contributed by atoms with van der Waals surface area (Å²) in [6.45, 7) is 4.22. The molecular weight excluding hydrogens is 341 g/mol. The maximum Gasteiger partial charge on any atom is 0.416 e. The van der Waals surface area contributed by atoms with Crippen molar-refractivity contribution in [3.63, 3.8) is 0 Å². The molecule has 2 aromatic rings. The summed E-state index contributed by atoms with van der Waals surface area (Å²) in [5, 5.41) is 5.42. The van der Waals surface area contributed by atoms with Crippen molar-refractivity contribution in [1.29, 1.82) is 0 Å². The quantitative estimate of drug-likeness (QED) is 0.680. The van der Waals surface area contributed by atoms with Crippen molar-refractivity contribution in [3.8, 4) is 0 Å². The normalized spacial score (nSPS) is 11.3. The van der Waals surface area contributed by atoms with E-state index in [0.717, 1.165) is 42.6 Å². The van der Waals surface area contributed by atoms with Crippen molar-refractivity contribution in [2.75, 3.05) is 5.32 Å². The number of unbranched alkanes of at least 4 members (excludes halogenated alkanes) is 1. The molecule has 0 aromatic heterocycles. The number of carbonyl (C=O) groups excluding carboxylic acids is 1. The van der Waals surface area contributed by atoms with Crippen LogP contribution in [-0.2, 0) is 19.1 Å². The summed E-state index contributed by atoms with van der Waals surface area (Å²) in [5.41, 5.74) is 2.82. The molecule has 2 amide bonds. The van der Waals surface area contributed by atoms with Crippen LogP contribution < -0.4 is 10.6 Å². The highest BCUT2D eigenvalue weighted by Crippen LogP contribution is 2.29. The minimum atomic E-state index is -4.36. The summed E-state index contributed by atoms with van der Waals surface area (Å²) >= 11 is 0. The van der Waals surface area contributed by atoms with Gasteiger partial charge >= 0.3 is 12.2 Å². The maximum atomic E-state index is 12.5. The van der Waals surface area contributed by atoms with E-state index in [-0.39, 0.29) is 6.54 Å². The molecule has 6 heteroatoms. The number of nitrogens with one attached hydrogen (secondary N) is 2. The van der Waals surface area contributed by atoms with E-state index in [9.17, 15) is 18.0 Å². The molecule has 0 fully saturated rings. The largest absolute Gasteiger partial charge is 0.416 e. The molecule has 0 saturated carbocycles. The van der Waals surface area contributed by atoms with Crippen molar-refractivity contribution in [2.45, 2.75) is 45.8 Å². The van der Waals surface area contributed by atoms with Gasteiger partial charge in [0, 0.05) is 12.2 Å². The van der Waals surface area contributed by atoms with Crippen LogP contribution in [0.1, 0.15) is 42.0 Å². The molecule has 0 atom stereocenters. The standard InChI is InChI=1S/C20H23F3N2O/c1-3-4-5-15-8-11-18(14(2)12-15)25-19(26)24-13-16-6-9-17(10-7-16)20(21,22)23/h6-12H,3-5,13H2,1-2H3,(H2,24,25,26). The van der Waals surface area contributed by atoms with Crippen molar-refractivity contribution >= 4 is 11.7 Å². The molecule has 2 aromatic carbocycles. The molecule has 2 rings (SSSR count). The van der Waals surface area contributed by atoms with Gasteiger partial charge in [0.2, 0.25) is 0 Å². The third-order valence-corrected chi connectivity index (χ3v) is 4.09. The Kier molecular flexibility index (Phi) is 6.66. The zero-order valence-electron chi connectivity index (χ0n) is 14.9. The Morgan fingerprint density at radius 3 is 2.27 bits per heavy atom. The number of urea groups is 1. The van der Waals surface area contributed by atoms with E-state index in [1.54, 1.807) is 0 Å². The van der Waals surface area contributed by atoms with E-state index in [2.05, 4.69) is 23.6 Å². The highest BCUT2D eigenvalue weighted by atomic mass is 19.4. The molecule has 2 N–H and O–H groups in total. The van der Waals surface area contributed by atoms with Gasteiger partial charge < -0.3 is 10.6 Å². The van der Waals surface area contributed by atoms with E-state index in [0.29, 0.717) is 5.56 Å². The first kappa shape index (κ1) is 19.8. The average Bonchev–Trinajstić information content (AvgIpc) is 2.60. The van der Waals surface area contributed by atoms with Gasteiger partial charge in [0.15, 0.2) is 0 Å². The lowest BCUT2D eigenvalue weighted by atomic mass is 10.0. The molecule has 0 saturated heterocycles. The van der Waals surface area contributed by atoms with Crippen LogP contribution in [0.25, 0.3) is 0 Å². The Bertz CT molecular complexity index is 740. The molecule has 26 heavy (non-hydrogen) atoms. The molecule has 0 bridgehead atoms. The molecule has 0 spiro atoms. The number of aryl methyl sites for hydroxylation is 2. The van der Waals surface area contributed by atoms with Crippen LogP contribution in [0.3, 0.4) is 0 Å². The number of rotatable bonds is 6. The number of hydrogen-bond acceptors (Lipinski definition) is 1. The second-order valence-corrected chi connectivity index (χ2v) is 6.26. The zero-order valence-corrected chi connectivity index (χ0v) is 14.9. The summed E-state index contributed by atoms with van der Waals surface area (Å²) in [7, 11) is 0. The Morgan fingerprint density at radius 2 is 1.69 bits per heavy atom. The summed E-state index contributed by atoms with van der Waals surface area (Å²) in [6, 6.07) is 10.3. The molecular formula is C20H23F3N2O. The van der Waals surface area contributed by atoms with Gasteiger partial charge in [-0.2, -0.15) is 13.2 Å². The average molecular weight is 364 g/mol. The van der Waals surface area contributed by atoms with Crippen LogP contribution in [0.2, 0.25) is 0 Å². The number of hydrogen-bond donors (Lipinski definition) is 2. The lowest BCUT2D eigenvalue weighted by Gasteiger charge is -2.12. The third kappa shape index (κ3) is 5.79. The van der Waals surface area contributed by atoms with E-state index < -0.39 is 17.8 Å². The molecule has 0 heterocycles.